The highest BCUT2D eigenvalue weighted by Crippen LogP contribution is 2.71. The quantitative estimate of drug-likeness (QED) is 0.154. The first kappa shape index (κ1) is 83.9. The number of carbonyl (C=O) groups excluding carboxylic acids is 2. The molecule has 2 aliphatic heterocycles. The number of hydrazine groups is 1. The summed E-state index contributed by atoms with van der Waals surface area (Å²) in [6.07, 6.45) is 13.8. The lowest BCUT2D eigenvalue weighted by Crippen LogP contribution is -2.39. The molecule has 4 saturated carbocycles. The number of aryl methyl sites for hydroxylation is 1. The van der Waals surface area contributed by atoms with Gasteiger partial charge in [-0.05, 0) is 145 Å². The summed E-state index contributed by atoms with van der Waals surface area (Å²) >= 11 is 0. The number of rotatable bonds is 5. The molecule has 7 heterocycles. The van der Waals surface area contributed by atoms with Crippen LogP contribution >= 0.6 is 0 Å². The third-order valence-electron chi connectivity index (χ3n) is 20.7. The van der Waals surface area contributed by atoms with Crippen LogP contribution in [0.1, 0.15) is 291 Å². The fourth-order valence-electron chi connectivity index (χ4n) is 14.5. The first-order chi connectivity index (χ1) is 48.7. The van der Waals surface area contributed by atoms with E-state index in [4.69, 9.17) is 14.8 Å². The molecule has 0 bridgehead atoms. The SMILES string of the molecule is CC(C)(C)C12CCCC1C2.CC(C)(C)c1cc2c(cc1F)OC(F)(F)O2.CC(C)(C)c1nc2ccc(F)c(F)c2n1C1CCCC1.CC1CC(=O)NN1c1ncccc1C(C)(C)C.CC1CC1c1cc(C(C)(C)C)on1.CS(=O)c1ccc2c(C(C)(C)C)ccnc2c1.Cc1noc(C(C)(C)C)c1C(N)=O. The molecule has 6 aliphatic rings. The normalized spacial score (nSPS) is 20.5. The van der Waals surface area contributed by atoms with Crippen molar-refractivity contribution in [2.45, 2.75) is 292 Å². The number of carbonyl (C=O) groups is 2. The van der Waals surface area contributed by atoms with Crippen molar-refractivity contribution >= 4 is 50.4 Å². The van der Waals surface area contributed by atoms with Gasteiger partial charge in [-0.15, -0.1) is 8.78 Å². The van der Waals surface area contributed by atoms with Crippen molar-refractivity contribution in [2.24, 2.45) is 28.4 Å². The molecule has 3 aromatic carbocycles. The van der Waals surface area contributed by atoms with E-state index < -0.39 is 45.9 Å². The zero-order chi connectivity index (χ0) is 79.2. The Balaban J connectivity index is 0.000000157. The molecular formula is C84H116F5N9O7S. The molecular weight excluding hydrogens is 1370 g/mol. The molecule has 16 nitrogen and oxygen atoms in total. The number of amides is 2. The zero-order valence-corrected chi connectivity index (χ0v) is 68.1. The van der Waals surface area contributed by atoms with Crippen molar-refractivity contribution in [3.8, 4) is 11.5 Å². The van der Waals surface area contributed by atoms with Crippen molar-refractivity contribution < 1.29 is 54.3 Å². The maximum Gasteiger partial charge on any atom is 0.586 e. The Bertz CT molecular complexity index is 4450. The number of fused-ring (bicyclic) bond motifs is 4. The third kappa shape index (κ3) is 19.9. The second-order valence-electron chi connectivity index (χ2n) is 36.7. The van der Waals surface area contributed by atoms with E-state index in [9.17, 15) is 35.8 Å². The minimum absolute atomic E-state index is 0.0105. The van der Waals surface area contributed by atoms with E-state index in [1.165, 1.54) is 43.7 Å². The Hall–Kier alpha value is -7.75. The lowest BCUT2D eigenvalue weighted by Gasteiger charge is -2.29. The number of pyridine rings is 2. The Morgan fingerprint density at radius 2 is 1.28 bits per heavy atom. The summed E-state index contributed by atoms with van der Waals surface area (Å²) in [5.74, 6) is 2.90. The van der Waals surface area contributed by atoms with Gasteiger partial charge >= 0.3 is 6.29 Å². The second kappa shape index (κ2) is 31.5. The van der Waals surface area contributed by atoms with Crippen LogP contribution in [0.15, 0.2) is 93.1 Å². The first-order valence-corrected chi connectivity index (χ1v) is 38.8. The van der Waals surface area contributed by atoms with Crippen molar-refractivity contribution in [3.63, 3.8) is 0 Å². The molecule has 4 aliphatic carbocycles. The Morgan fingerprint density at radius 3 is 1.75 bits per heavy atom. The molecule has 6 unspecified atom stereocenters. The monoisotopic (exact) mass is 1490 g/mol. The van der Waals surface area contributed by atoms with Crippen LogP contribution in [0, 0.1) is 47.0 Å². The number of imidazole rings is 1. The van der Waals surface area contributed by atoms with E-state index in [-0.39, 0.29) is 56.6 Å². The van der Waals surface area contributed by atoms with E-state index in [0.29, 0.717) is 51.4 Å². The number of aromatic nitrogens is 6. The van der Waals surface area contributed by atoms with E-state index in [2.05, 4.69) is 169 Å². The molecule has 0 radical (unpaired) electrons. The van der Waals surface area contributed by atoms with Crippen molar-refractivity contribution in [2.75, 3.05) is 11.3 Å². The predicted molar refractivity (Wildman–Crippen MR) is 412 cm³/mol. The van der Waals surface area contributed by atoms with Crippen LogP contribution in [0.4, 0.5) is 27.8 Å². The molecule has 3 N–H and O–H groups in total. The van der Waals surface area contributed by atoms with Gasteiger partial charge in [-0.1, -0.05) is 194 Å². The number of primary amides is 1. The van der Waals surface area contributed by atoms with Gasteiger partial charge in [0, 0.05) is 85.6 Å². The summed E-state index contributed by atoms with van der Waals surface area (Å²) in [5.41, 5.74) is 15.4. The third-order valence-corrected chi connectivity index (χ3v) is 21.6. The topological polar surface area (TPSA) is 207 Å². The van der Waals surface area contributed by atoms with E-state index >= 15 is 0 Å². The van der Waals surface area contributed by atoms with Crippen LogP contribution in [0.2, 0.25) is 0 Å². The molecule has 8 aromatic rings. The maximum atomic E-state index is 14.3. The molecule has 106 heavy (non-hydrogen) atoms. The molecule has 5 fully saturated rings. The summed E-state index contributed by atoms with van der Waals surface area (Å²) < 4.78 is 99.2. The van der Waals surface area contributed by atoms with E-state index in [1.54, 1.807) is 46.2 Å². The van der Waals surface area contributed by atoms with Crippen LogP contribution in [0.5, 0.6) is 11.5 Å². The molecule has 6 atom stereocenters. The number of benzene rings is 3. The van der Waals surface area contributed by atoms with Gasteiger partial charge < -0.3 is 28.8 Å². The predicted octanol–water partition coefficient (Wildman–Crippen LogP) is 21.1. The maximum absolute atomic E-state index is 14.3. The van der Waals surface area contributed by atoms with Gasteiger partial charge in [0.2, 0.25) is 5.91 Å². The van der Waals surface area contributed by atoms with Crippen LogP contribution in [0.3, 0.4) is 0 Å². The molecule has 2 amide bonds. The highest BCUT2D eigenvalue weighted by molar-refractivity contribution is 7.84. The molecule has 1 saturated heterocycles. The van der Waals surface area contributed by atoms with Crippen molar-refractivity contribution in [3.05, 3.63) is 148 Å². The van der Waals surface area contributed by atoms with E-state index in [0.717, 1.165) is 99.5 Å². The van der Waals surface area contributed by atoms with Crippen molar-refractivity contribution in [1.29, 1.82) is 0 Å². The molecule has 14 rings (SSSR count). The average molecular weight is 1490 g/mol. The number of halogens is 5. The summed E-state index contributed by atoms with van der Waals surface area (Å²) in [6, 6.07) is 19.4. The Kier molecular flexibility index (Phi) is 24.9. The summed E-state index contributed by atoms with van der Waals surface area (Å²) in [4.78, 5) is 36.7. The van der Waals surface area contributed by atoms with Gasteiger partial charge in [0.1, 0.15) is 28.5 Å². The van der Waals surface area contributed by atoms with Gasteiger partial charge in [0.25, 0.3) is 5.91 Å². The molecule has 5 aromatic heterocycles. The summed E-state index contributed by atoms with van der Waals surface area (Å²) in [7, 11) is -0.953. The molecule has 0 spiro atoms. The van der Waals surface area contributed by atoms with Gasteiger partial charge in [-0.2, -0.15) is 0 Å². The zero-order valence-electron chi connectivity index (χ0n) is 67.3. The standard InChI is InChI=1S/C16H20F2N2.C14H17NOS.C13H19N3O.C11H11F3O2.C11H17NO.C10H18.C9H14N2O2/c1-16(2,3)15-19-12-9-8-11(17)13(18)14(12)20(15)10-6-4-5-7-10;1-14(2,3)12-7-8-15-13-9-10(17(4)16)5-6-11(12)13;1-9-8-11(17)15-16(9)12-10(13(2,3)4)6-5-7-14-12;1-10(2,3)6-4-8-9(5-7(6)12)16-11(13,14)15-8;1-7-5-8(7)9-6-10(13-12-9)11(2,3)4;1-9(2,3)10-6-4-5-8(10)7-10;1-5-6(8(10)12)7(13-11-5)9(2,3)4/h8-10H,4-7H2,1-3H3;5-9H,1-4H3;5-7,9H,8H2,1-4H3,(H,15,17);4-5H,1-3H3;6-8H,5H2,1-4H3;8H,4-7H2,1-3H3;1-4H3,(H2,10,12). The summed E-state index contributed by atoms with van der Waals surface area (Å²) in [6.45, 7) is 50.1. The number of alkyl halides is 2. The van der Waals surface area contributed by atoms with Crippen LogP contribution in [-0.4, -0.2) is 64.4 Å². The Labute approximate surface area is 627 Å². The number of nitrogens with two attached hydrogens (primary N) is 1. The fourth-order valence-corrected chi connectivity index (χ4v) is 15.0. The fraction of sp³-hybridized carbons (Fsp3) is 0.583. The minimum Gasteiger partial charge on any atom is -0.395 e. The number of anilines is 1. The van der Waals surface area contributed by atoms with Gasteiger partial charge in [0.05, 0.1) is 34.9 Å². The number of hydrogen-bond donors (Lipinski definition) is 2. The van der Waals surface area contributed by atoms with Gasteiger partial charge in [-0.3, -0.25) is 29.2 Å². The van der Waals surface area contributed by atoms with Crippen molar-refractivity contribution in [1.82, 2.24) is 35.3 Å². The highest BCUT2D eigenvalue weighted by Gasteiger charge is 2.62. The van der Waals surface area contributed by atoms with Gasteiger partial charge in [0.15, 0.2) is 34.7 Å². The van der Waals surface area contributed by atoms with Crippen LogP contribution < -0.4 is 25.6 Å². The van der Waals surface area contributed by atoms with E-state index in [1.807, 2.05) is 67.7 Å². The number of ether oxygens (including phenoxy) is 2. The highest BCUT2D eigenvalue weighted by atomic mass is 32.2. The van der Waals surface area contributed by atoms with Gasteiger partial charge in [-0.25, -0.2) is 23.1 Å². The number of nitrogens with zero attached hydrogens (tertiary/aromatic N) is 7. The average Bonchev–Trinajstić information content (AvgIpc) is 1.57. The number of nitrogens with one attached hydrogen (secondary N) is 1. The minimum atomic E-state index is -3.70. The van der Waals surface area contributed by atoms with Crippen LogP contribution in [-0.2, 0) is 48.1 Å². The smallest absolute Gasteiger partial charge is 0.395 e. The molecule has 580 valence electrons. The van der Waals surface area contributed by atoms with Crippen LogP contribution in [0.25, 0.3) is 21.9 Å². The first-order valence-electron chi connectivity index (χ1n) is 37.2. The molecule has 22 heteroatoms. The lowest BCUT2D eigenvalue weighted by atomic mass is 9.76. The summed E-state index contributed by atoms with van der Waals surface area (Å²) in [5, 5.41) is 10.9. The largest absolute Gasteiger partial charge is 0.586 e. The second-order valence-corrected chi connectivity index (χ2v) is 38.1. The number of hydrogen-bond acceptors (Lipinski definition) is 13. The lowest BCUT2D eigenvalue weighted by molar-refractivity contribution is -0.286. The Morgan fingerprint density at radius 1 is 0.670 bits per heavy atom.